The fraction of sp³-hybridized carbons (Fsp3) is 0.733. The molecule has 1 saturated heterocycles. The first kappa shape index (κ1) is 17.2. The summed E-state index contributed by atoms with van der Waals surface area (Å²) in [4.78, 5) is 48.9. The first-order valence-corrected chi connectivity index (χ1v) is 8.20. The fourth-order valence-corrected chi connectivity index (χ4v) is 3.08. The Morgan fingerprint density at radius 1 is 1.17 bits per heavy atom. The Morgan fingerprint density at radius 3 is 2.43 bits per heavy atom. The molecule has 1 aliphatic heterocycles. The fourth-order valence-electron chi connectivity index (χ4n) is 3.08. The maximum atomic E-state index is 12.6. The van der Waals surface area contributed by atoms with Crippen molar-refractivity contribution in [1.82, 2.24) is 20.9 Å². The lowest BCUT2D eigenvalue weighted by molar-refractivity contribution is -0.135. The zero-order valence-corrected chi connectivity index (χ0v) is 13.4. The number of hydrogen-bond donors (Lipinski definition) is 3. The first-order chi connectivity index (χ1) is 11.0. The highest BCUT2D eigenvalue weighted by Gasteiger charge is 2.51. The Balaban J connectivity index is 1.94. The van der Waals surface area contributed by atoms with Gasteiger partial charge < -0.3 is 10.6 Å². The number of urea groups is 2. The number of amides is 6. The maximum Gasteiger partial charge on any atom is 0.325 e. The molecule has 128 valence electrons. The van der Waals surface area contributed by atoms with Crippen LogP contribution in [-0.2, 0) is 9.59 Å². The number of carbonyl (C=O) groups excluding carboxylic acids is 4. The van der Waals surface area contributed by atoms with Crippen molar-refractivity contribution in [3.8, 4) is 0 Å². The summed E-state index contributed by atoms with van der Waals surface area (Å²) >= 11 is 0. The van der Waals surface area contributed by atoms with Crippen LogP contribution in [0, 0.1) is 0 Å². The van der Waals surface area contributed by atoms with E-state index in [1.54, 1.807) is 0 Å². The second kappa shape index (κ2) is 7.43. The third-order valence-electron chi connectivity index (χ3n) is 4.29. The zero-order chi connectivity index (χ0) is 16.9. The summed E-state index contributed by atoms with van der Waals surface area (Å²) in [6, 6.07) is -1.17. The molecule has 1 heterocycles. The van der Waals surface area contributed by atoms with Crippen LogP contribution in [0.5, 0.6) is 0 Å². The average Bonchev–Trinajstić information content (AvgIpc) is 2.69. The standard InChI is InChI=1S/C15H24N4O4/c1-2-9-16-13(22)17-11(20)10-19-12(21)15(18-14(19)23)7-5-3-4-6-8-15/h2-10H2,1H3,(H,18,23)(H2,16,17,20,22). The van der Waals surface area contributed by atoms with E-state index in [-0.39, 0.29) is 5.91 Å². The molecule has 0 unspecified atom stereocenters. The number of carbonyl (C=O) groups is 4. The van der Waals surface area contributed by atoms with E-state index < -0.39 is 30.1 Å². The average molecular weight is 324 g/mol. The number of rotatable bonds is 4. The van der Waals surface area contributed by atoms with Crippen LogP contribution in [-0.4, -0.2) is 47.4 Å². The van der Waals surface area contributed by atoms with Gasteiger partial charge in [0.2, 0.25) is 5.91 Å². The van der Waals surface area contributed by atoms with Gasteiger partial charge >= 0.3 is 12.1 Å². The summed E-state index contributed by atoms with van der Waals surface area (Å²) in [7, 11) is 0. The van der Waals surface area contributed by atoms with Crippen LogP contribution >= 0.6 is 0 Å². The highest BCUT2D eigenvalue weighted by atomic mass is 16.2. The van der Waals surface area contributed by atoms with Gasteiger partial charge in [-0.2, -0.15) is 0 Å². The van der Waals surface area contributed by atoms with Crippen LogP contribution in [0.15, 0.2) is 0 Å². The van der Waals surface area contributed by atoms with E-state index in [1.165, 1.54) is 0 Å². The number of imide groups is 2. The minimum atomic E-state index is -0.863. The van der Waals surface area contributed by atoms with Gasteiger partial charge in [-0.15, -0.1) is 0 Å². The Labute approximate surface area is 135 Å². The van der Waals surface area contributed by atoms with E-state index in [0.29, 0.717) is 19.4 Å². The van der Waals surface area contributed by atoms with Crippen molar-refractivity contribution >= 4 is 23.9 Å². The van der Waals surface area contributed by atoms with Gasteiger partial charge in [0.15, 0.2) is 0 Å². The SMILES string of the molecule is CCCNC(=O)NC(=O)CN1C(=O)NC2(CCCCCC2)C1=O. The molecule has 8 nitrogen and oxygen atoms in total. The highest BCUT2D eigenvalue weighted by molar-refractivity contribution is 6.10. The second-order valence-corrected chi connectivity index (χ2v) is 6.12. The van der Waals surface area contributed by atoms with E-state index >= 15 is 0 Å². The molecule has 8 heteroatoms. The van der Waals surface area contributed by atoms with Gasteiger partial charge in [-0.25, -0.2) is 9.59 Å². The molecule has 0 radical (unpaired) electrons. The maximum absolute atomic E-state index is 12.6. The van der Waals surface area contributed by atoms with E-state index in [0.717, 1.165) is 37.0 Å². The lowest BCUT2D eigenvalue weighted by Gasteiger charge is -2.24. The predicted molar refractivity (Wildman–Crippen MR) is 82.5 cm³/mol. The summed E-state index contributed by atoms with van der Waals surface area (Å²) in [5, 5.41) is 7.38. The van der Waals surface area contributed by atoms with Crippen molar-refractivity contribution in [2.24, 2.45) is 0 Å². The first-order valence-electron chi connectivity index (χ1n) is 8.20. The van der Waals surface area contributed by atoms with Gasteiger partial charge in [0.25, 0.3) is 5.91 Å². The van der Waals surface area contributed by atoms with Crippen LogP contribution < -0.4 is 16.0 Å². The van der Waals surface area contributed by atoms with Crippen molar-refractivity contribution < 1.29 is 19.2 Å². The molecule has 2 aliphatic rings. The van der Waals surface area contributed by atoms with Crippen LogP contribution in [0.2, 0.25) is 0 Å². The predicted octanol–water partition coefficient (Wildman–Crippen LogP) is 0.867. The molecule has 2 fully saturated rings. The van der Waals surface area contributed by atoms with E-state index in [1.807, 2.05) is 6.92 Å². The van der Waals surface area contributed by atoms with Gasteiger partial charge in [0.1, 0.15) is 12.1 Å². The molecule has 0 aromatic heterocycles. The van der Waals surface area contributed by atoms with Crippen LogP contribution in [0.3, 0.4) is 0 Å². The molecule has 1 saturated carbocycles. The monoisotopic (exact) mass is 324 g/mol. The number of nitrogens with zero attached hydrogens (tertiary/aromatic N) is 1. The Kier molecular flexibility index (Phi) is 5.57. The van der Waals surface area contributed by atoms with Gasteiger partial charge in [-0.3, -0.25) is 19.8 Å². The Morgan fingerprint density at radius 2 is 1.83 bits per heavy atom. The second-order valence-electron chi connectivity index (χ2n) is 6.12. The summed E-state index contributed by atoms with van der Waals surface area (Å²) in [6.07, 6.45) is 5.80. The molecule has 23 heavy (non-hydrogen) atoms. The molecule has 1 aliphatic carbocycles. The van der Waals surface area contributed by atoms with Crippen LogP contribution in [0.25, 0.3) is 0 Å². The zero-order valence-electron chi connectivity index (χ0n) is 13.4. The van der Waals surface area contributed by atoms with E-state index in [9.17, 15) is 19.2 Å². The Bertz CT molecular complexity index is 498. The summed E-state index contributed by atoms with van der Waals surface area (Å²) < 4.78 is 0. The molecule has 6 amide bonds. The molecule has 0 aromatic carbocycles. The molecular formula is C15H24N4O4. The molecule has 1 spiro atoms. The number of nitrogens with one attached hydrogen (secondary N) is 3. The van der Waals surface area contributed by atoms with Crippen molar-refractivity contribution in [1.29, 1.82) is 0 Å². The van der Waals surface area contributed by atoms with Crippen molar-refractivity contribution in [3.05, 3.63) is 0 Å². The molecule has 0 bridgehead atoms. The summed E-state index contributed by atoms with van der Waals surface area (Å²) in [5.41, 5.74) is -0.863. The smallest absolute Gasteiger partial charge is 0.325 e. The third kappa shape index (κ3) is 4.00. The number of hydrogen-bond acceptors (Lipinski definition) is 4. The summed E-state index contributed by atoms with van der Waals surface area (Å²) in [6.45, 7) is 1.90. The van der Waals surface area contributed by atoms with Gasteiger partial charge in [-0.1, -0.05) is 32.6 Å². The topological polar surface area (TPSA) is 108 Å². The van der Waals surface area contributed by atoms with Gasteiger partial charge in [-0.05, 0) is 19.3 Å². The lowest BCUT2D eigenvalue weighted by Crippen LogP contribution is -2.48. The molecule has 0 aromatic rings. The van der Waals surface area contributed by atoms with E-state index in [4.69, 9.17) is 0 Å². The van der Waals surface area contributed by atoms with Crippen LogP contribution in [0.4, 0.5) is 9.59 Å². The van der Waals surface area contributed by atoms with Gasteiger partial charge in [0.05, 0.1) is 0 Å². The molecular weight excluding hydrogens is 300 g/mol. The quantitative estimate of drug-likeness (QED) is 0.667. The van der Waals surface area contributed by atoms with E-state index in [2.05, 4.69) is 16.0 Å². The molecule has 0 atom stereocenters. The van der Waals surface area contributed by atoms with Gasteiger partial charge in [0, 0.05) is 6.54 Å². The van der Waals surface area contributed by atoms with Crippen LogP contribution in [0.1, 0.15) is 51.9 Å². The summed E-state index contributed by atoms with van der Waals surface area (Å²) in [5.74, 6) is -1.03. The highest BCUT2D eigenvalue weighted by Crippen LogP contribution is 2.32. The van der Waals surface area contributed by atoms with Crippen molar-refractivity contribution in [3.63, 3.8) is 0 Å². The normalized spacial score (nSPS) is 20.1. The lowest BCUT2D eigenvalue weighted by atomic mass is 9.90. The largest absolute Gasteiger partial charge is 0.338 e. The minimum absolute atomic E-state index is 0.353. The minimum Gasteiger partial charge on any atom is -0.338 e. The third-order valence-corrected chi connectivity index (χ3v) is 4.29. The van der Waals surface area contributed by atoms with Crippen molar-refractivity contribution in [2.45, 2.75) is 57.4 Å². The Hall–Kier alpha value is -2.12. The molecule has 2 rings (SSSR count). The van der Waals surface area contributed by atoms with Crippen molar-refractivity contribution in [2.75, 3.05) is 13.1 Å². The molecule has 3 N–H and O–H groups in total.